The summed E-state index contributed by atoms with van der Waals surface area (Å²) in [6.07, 6.45) is 4.08. The van der Waals surface area contributed by atoms with Crippen LogP contribution in [0.3, 0.4) is 0 Å². The van der Waals surface area contributed by atoms with E-state index in [-0.39, 0.29) is 0 Å². The van der Waals surface area contributed by atoms with Crippen molar-refractivity contribution in [2.24, 2.45) is 0 Å². The van der Waals surface area contributed by atoms with Crippen molar-refractivity contribution in [2.45, 2.75) is 13.8 Å². The fraction of sp³-hybridized carbons (Fsp3) is 0.429. The largest absolute Gasteiger partial charge is 0.387 e. The summed E-state index contributed by atoms with van der Waals surface area (Å²) in [6, 6.07) is 0. The van der Waals surface area contributed by atoms with E-state index in [2.05, 4.69) is 25.2 Å². The third-order valence-corrected chi connectivity index (χ3v) is 1.49. The molecule has 0 aromatic heterocycles. The molecule has 0 spiro atoms. The highest BCUT2D eigenvalue weighted by molar-refractivity contribution is 5.26. The van der Waals surface area contributed by atoms with Gasteiger partial charge in [0.05, 0.1) is 0 Å². The molecule has 44 valence electrons. The van der Waals surface area contributed by atoms with Gasteiger partial charge in [-0.15, -0.1) is 0 Å². The Morgan fingerprint density at radius 2 is 2.25 bits per heavy atom. The van der Waals surface area contributed by atoms with Gasteiger partial charge in [-0.3, -0.25) is 0 Å². The van der Waals surface area contributed by atoms with Crippen LogP contribution in [0, 0.1) is 0 Å². The van der Waals surface area contributed by atoms with E-state index in [1.54, 1.807) is 0 Å². The maximum absolute atomic E-state index is 3.13. The molecular formula is C7H11N. The van der Waals surface area contributed by atoms with Crippen molar-refractivity contribution in [3.05, 3.63) is 23.4 Å². The molecule has 0 radical (unpaired) electrons. The van der Waals surface area contributed by atoms with Crippen molar-refractivity contribution in [3.63, 3.8) is 0 Å². The predicted molar refractivity (Wildman–Crippen MR) is 35.5 cm³/mol. The van der Waals surface area contributed by atoms with E-state index >= 15 is 0 Å². The Balaban J connectivity index is 2.76. The predicted octanol–water partition coefficient (Wildman–Crippen LogP) is 1.44. The Labute approximate surface area is 50.1 Å². The Kier molecular flexibility index (Phi) is 1.38. The lowest BCUT2D eigenvalue weighted by atomic mass is 10.1. The molecule has 0 fully saturated rings. The number of rotatable bonds is 0. The highest BCUT2D eigenvalue weighted by Crippen LogP contribution is 2.05. The molecule has 0 aliphatic carbocycles. The van der Waals surface area contributed by atoms with Gasteiger partial charge < -0.3 is 5.32 Å². The first-order chi connectivity index (χ1) is 3.80. The van der Waals surface area contributed by atoms with Gasteiger partial charge in [-0.1, -0.05) is 5.57 Å². The average Bonchev–Trinajstić information content (AvgIpc) is 1.77. The van der Waals surface area contributed by atoms with Gasteiger partial charge in [-0.2, -0.15) is 0 Å². The van der Waals surface area contributed by atoms with Crippen LogP contribution in [0.5, 0.6) is 0 Å². The summed E-state index contributed by atoms with van der Waals surface area (Å²) >= 11 is 0. The van der Waals surface area contributed by atoms with Gasteiger partial charge in [0.2, 0.25) is 0 Å². The van der Waals surface area contributed by atoms with Gasteiger partial charge in [0.15, 0.2) is 0 Å². The lowest BCUT2D eigenvalue weighted by molar-refractivity contribution is 0.903. The zero-order valence-electron chi connectivity index (χ0n) is 5.36. The van der Waals surface area contributed by atoms with E-state index < -0.39 is 0 Å². The monoisotopic (exact) mass is 109 g/mol. The minimum atomic E-state index is 1.02. The lowest BCUT2D eigenvalue weighted by Crippen LogP contribution is -2.12. The van der Waals surface area contributed by atoms with Gasteiger partial charge in [0, 0.05) is 6.54 Å². The number of dihydropyridines is 1. The van der Waals surface area contributed by atoms with Crippen LogP contribution in [0.25, 0.3) is 0 Å². The molecule has 8 heavy (non-hydrogen) atoms. The van der Waals surface area contributed by atoms with E-state index in [4.69, 9.17) is 0 Å². The van der Waals surface area contributed by atoms with Crippen LogP contribution in [-0.4, -0.2) is 6.54 Å². The minimum Gasteiger partial charge on any atom is -0.387 e. The van der Waals surface area contributed by atoms with Crippen LogP contribution in [0.15, 0.2) is 23.4 Å². The van der Waals surface area contributed by atoms with Gasteiger partial charge in [0.1, 0.15) is 0 Å². The molecule has 1 rings (SSSR count). The van der Waals surface area contributed by atoms with E-state index in [0.29, 0.717) is 0 Å². The van der Waals surface area contributed by atoms with Crippen LogP contribution in [0.1, 0.15) is 13.8 Å². The van der Waals surface area contributed by atoms with Crippen LogP contribution >= 0.6 is 0 Å². The third kappa shape index (κ3) is 0.915. The van der Waals surface area contributed by atoms with Crippen molar-refractivity contribution in [1.29, 1.82) is 0 Å². The number of hydrogen-bond donors (Lipinski definition) is 1. The summed E-state index contributed by atoms with van der Waals surface area (Å²) in [7, 11) is 0. The van der Waals surface area contributed by atoms with Crippen molar-refractivity contribution < 1.29 is 0 Å². The van der Waals surface area contributed by atoms with Crippen molar-refractivity contribution >= 4 is 0 Å². The second-order valence-corrected chi connectivity index (χ2v) is 2.18. The molecule has 0 atom stereocenters. The molecule has 0 aromatic carbocycles. The molecular weight excluding hydrogens is 98.1 g/mol. The van der Waals surface area contributed by atoms with Crippen molar-refractivity contribution in [3.8, 4) is 0 Å². The average molecular weight is 109 g/mol. The fourth-order valence-corrected chi connectivity index (χ4v) is 0.678. The molecule has 0 aromatic rings. The van der Waals surface area contributed by atoms with Gasteiger partial charge in [-0.25, -0.2) is 0 Å². The van der Waals surface area contributed by atoms with E-state index in [0.717, 1.165) is 6.54 Å². The molecule has 1 heterocycles. The van der Waals surface area contributed by atoms with Gasteiger partial charge in [0.25, 0.3) is 0 Å². The molecule has 0 bridgehead atoms. The van der Waals surface area contributed by atoms with Crippen molar-refractivity contribution in [1.82, 2.24) is 5.32 Å². The quantitative estimate of drug-likeness (QED) is 0.496. The molecule has 1 nitrogen and oxygen atoms in total. The van der Waals surface area contributed by atoms with Crippen LogP contribution in [0.2, 0.25) is 0 Å². The SMILES string of the molecule is CC1=C(C)CNC=C1. The van der Waals surface area contributed by atoms with Crippen LogP contribution in [-0.2, 0) is 0 Å². The summed E-state index contributed by atoms with van der Waals surface area (Å²) in [6.45, 7) is 5.29. The topological polar surface area (TPSA) is 12.0 Å². The summed E-state index contributed by atoms with van der Waals surface area (Å²) in [5.41, 5.74) is 2.83. The van der Waals surface area contributed by atoms with E-state index in [1.807, 2.05) is 6.20 Å². The molecule has 1 aliphatic heterocycles. The Morgan fingerprint density at radius 1 is 1.50 bits per heavy atom. The summed E-state index contributed by atoms with van der Waals surface area (Å²) in [5.74, 6) is 0. The number of hydrogen-bond acceptors (Lipinski definition) is 1. The molecule has 0 amide bonds. The first kappa shape index (κ1) is 5.42. The minimum absolute atomic E-state index is 1.02. The molecule has 0 saturated carbocycles. The molecule has 1 N–H and O–H groups in total. The van der Waals surface area contributed by atoms with Crippen LogP contribution in [0.4, 0.5) is 0 Å². The normalized spacial score (nSPS) is 18.8. The zero-order chi connectivity index (χ0) is 5.98. The second kappa shape index (κ2) is 2.03. The molecule has 1 aliphatic rings. The highest BCUT2D eigenvalue weighted by atomic mass is 14.8. The third-order valence-electron chi connectivity index (χ3n) is 1.49. The summed E-state index contributed by atoms with van der Waals surface area (Å²) in [5, 5.41) is 3.13. The first-order valence-corrected chi connectivity index (χ1v) is 2.87. The first-order valence-electron chi connectivity index (χ1n) is 2.87. The van der Waals surface area contributed by atoms with Crippen molar-refractivity contribution in [2.75, 3.05) is 6.54 Å². The van der Waals surface area contributed by atoms with E-state index in [1.165, 1.54) is 11.1 Å². The summed E-state index contributed by atoms with van der Waals surface area (Å²) < 4.78 is 0. The molecule has 0 unspecified atom stereocenters. The van der Waals surface area contributed by atoms with E-state index in [9.17, 15) is 0 Å². The Hall–Kier alpha value is -0.720. The zero-order valence-corrected chi connectivity index (χ0v) is 5.36. The van der Waals surface area contributed by atoms with Gasteiger partial charge >= 0.3 is 0 Å². The fourth-order valence-electron chi connectivity index (χ4n) is 0.678. The number of allylic oxidation sites excluding steroid dienone is 2. The number of nitrogens with one attached hydrogen (secondary N) is 1. The smallest absolute Gasteiger partial charge is 0.0357 e. The summed E-state index contributed by atoms with van der Waals surface area (Å²) in [4.78, 5) is 0. The maximum Gasteiger partial charge on any atom is 0.0357 e. The Bertz CT molecular complexity index is 142. The standard InChI is InChI=1S/C7H11N/c1-6-3-4-8-5-7(6)2/h3-4,8H,5H2,1-2H3. The molecule has 1 heteroatoms. The van der Waals surface area contributed by atoms with Gasteiger partial charge in [-0.05, 0) is 31.7 Å². The molecule has 0 saturated heterocycles. The highest BCUT2D eigenvalue weighted by Gasteiger charge is 1.94. The lowest BCUT2D eigenvalue weighted by Gasteiger charge is -2.08. The Morgan fingerprint density at radius 3 is 2.62 bits per heavy atom. The van der Waals surface area contributed by atoms with Crippen LogP contribution < -0.4 is 5.32 Å². The second-order valence-electron chi connectivity index (χ2n) is 2.18. The maximum atomic E-state index is 3.13.